The van der Waals surface area contributed by atoms with Gasteiger partial charge in [-0.1, -0.05) is 31.4 Å². The highest BCUT2D eigenvalue weighted by Crippen LogP contribution is 2.30. The van der Waals surface area contributed by atoms with Crippen LogP contribution in [0.25, 0.3) is 0 Å². The summed E-state index contributed by atoms with van der Waals surface area (Å²) in [5.74, 6) is -0.803. The van der Waals surface area contributed by atoms with Crippen LogP contribution in [0.2, 0.25) is 0 Å². The topological polar surface area (TPSA) is 0 Å². The summed E-state index contributed by atoms with van der Waals surface area (Å²) in [7, 11) is 0. The van der Waals surface area contributed by atoms with Crippen molar-refractivity contribution in [3.63, 3.8) is 0 Å². The first-order valence-electron chi connectivity index (χ1n) is 4.70. The molecule has 13 heavy (non-hydrogen) atoms. The SMILES string of the molecule is Fc1cccc(CC2CCC2)c1F. The number of halogens is 2. The van der Waals surface area contributed by atoms with Crippen LogP contribution in [0.5, 0.6) is 0 Å². The fraction of sp³-hybridized carbons (Fsp3) is 0.455. The molecule has 0 nitrogen and oxygen atoms in total. The lowest BCUT2D eigenvalue weighted by Gasteiger charge is -2.25. The molecule has 1 aliphatic carbocycles. The Labute approximate surface area is 76.6 Å². The van der Waals surface area contributed by atoms with E-state index in [2.05, 4.69) is 0 Å². The highest BCUT2D eigenvalue weighted by molar-refractivity contribution is 5.19. The molecule has 70 valence electrons. The highest BCUT2D eigenvalue weighted by atomic mass is 19.2. The van der Waals surface area contributed by atoms with E-state index in [-0.39, 0.29) is 0 Å². The van der Waals surface area contributed by atoms with Gasteiger partial charge in [0.2, 0.25) is 0 Å². The molecule has 0 aromatic heterocycles. The number of hydrogen-bond acceptors (Lipinski definition) is 0. The van der Waals surface area contributed by atoms with Gasteiger partial charge in [0.1, 0.15) is 0 Å². The first-order valence-corrected chi connectivity index (χ1v) is 4.70. The van der Waals surface area contributed by atoms with E-state index in [1.54, 1.807) is 12.1 Å². The molecule has 2 rings (SSSR count). The number of rotatable bonds is 2. The predicted octanol–water partition coefficient (Wildman–Crippen LogP) is 3.31. The van der Waals surface area contributed by atoms with Gasteiger partial charge in [0.05, 0.1) is 0 Å². The molecule has 1 fully saturated rings. The van der Waals surface area contributed by atoms with Gasteiger partial charge in [-0.2, -0.15) is 0 Å². The van der Waals surface area contributed by atoms with Crippen LogP contribution in [0.3, 0.4) is 0 Å². The van der Waals surface area contributed by atoms with Gasteiger partial charge in [-0.25, -0.2) is 8.78 Å². The van der Waals surface area contributed by atoms with Crippen LogP contribution in [-0.4, -0.2) is 0 Å². The minimum absolute atomic E-state index is 0.532. The molecule has 0 saturated heterocycles. The molecular weight excluding hydrogens is 170 g/mol. The Bertz CT molecular complexity index is 303. The molecule has 1 aliphatic rings. The van der Waals surface area contributed by atoms with Crippen molar-refractivity contribution in [1.29, 1.82) is 0 Å². The van der Waals surface area contributed by atoms with E-state index in [0.29, 0.717) is 17.9 Å². The molecule has 0 aliphatic heterocycles. The summed E-state index contributed by atoms with van der Waals surface area (Å²) in [4.78, 5) is 0. The third-order valence-corrected chi connectivity index (χ3v) is 2.76. The van der Waals surface area contributed by atoms with E-state index in [4.69, 9.17) is 0 Å². The monoisotopic (exact) mass is 182 g/mol. The highest BCUT2D eigenvalue weighted by Gasteiger charge is 2.19. The van der Waals surface area contributed by atoms with Gasteiger partial charge in [0, 0.05) is 0 Å². The zero-order valence-corrected chi connectivity index (χ0v) is 7.39. The molecule has 0 bridgehead atoms. The van der Waals surface area contributed by atoms with Gasteiger partial charge in [0.25, 0.3) is 0 Å². The van der Waals surface area contributed by atoms with E-state index in [9.17, 15) is 8.78 Å². The minimum Gasteiger partial charge on any atom is -0.204 e. The summed E-state index contributed by atoms with van der Waals surface area (Å²) in [6.07, 6.45) is 4.26. The average molecular weight is 182 g/mol. The first-order chi connectivity index (χ1) is 6.27. The van der Waals surface area contributed by atoms with Crippen molar-refractivity contribution in [3.05, 3.63) is 35.4 Å². The summed E-state index contributed by atoms with van der Waals surface area (Å²) in [6, 6.07) is 4.42. The van der Waals surface area contributed by atoms with E-state index in [0.717, 1.165) is 12.8 Å². The average Bonchev–Trinajstić information content (AvgIpc) is 2.04. The molecule has 0 N–H and O–H groups in total. The summed E-state index contributed by atoms with van der Waals surface area (Å²) in [6.45, 7) is 0. The Balaban J connectivity index is 2.14. The maximum atomic E-state index is 13.1. The molecule has 1 saturated carbocycles. The smallest absolute Gasteiger partial charge is 0.162 e. The molecule has 0 radical (unpaired) electrons. The van der Waals surface area contributed by atoms with Crippen molar-refractivity contribution in [2.45, 2.75) is 25.7 Å². The van der Waals surface area contributed by atoms with Crippen LogP contribution in [0.1, 0.15) is 24.8 Å². The van der Waals surface area contributed by atoms with Crippen molar-refractivity contribution in [1.82, 2.24) is 0 Å². The van der Waals surface area contributed by atoms with Crippen molar-refractivity contribution in [3.8, 4) is 0 Å². The predicted molar refractivity (Wildman–Crippen MR) is 47.4 cm³/mol. The second-order valence-corrected chi connectivity index (χ2v) is 3.71. The lowest BCUT2D eigenvalue weighted by molar-refractivity contribution is 0.309. The van der Waals surface area contributed by atoms with Crippen molar-refractivity contribution in [2.75, 3.05) is 0 Å². The molecule has 1 aromatic carbocycles. The van der Waals surface area contributed by atoms with Gasteiger partial charge in [0.15, 0.2) is 11.6 Å². The third-order valence-electron chi connectivity index (χ3n) is 2.76. The molecule has 2 heteroatoms. The van der Waals surface area contributed by atoms with Crippen molar-refractivity contribution >= 4 is 0 Å². The lowest BCUT2D eigenvalue weighted by Crippen LogP contribution is -2.14. The van der Waals surface area contributed by atoms with Gasteiger partial charge >= 0.3 is 0 Å². The molecule has 0 amide bonds. The van der Waals surface area contributed by atoms with E-state index < -0.39 is 11.6 Å². The zero-order chi connectivity index (χ0) is 9.26. The Morgan fingerprint density at radius 3 is 2.62 bits per heavy atom. The van der Waals surface area contributed by atoms with Crippen molar-refractivity contribution in [2.24, 2.45) is 5.92 Å². The number of hydrogen-bond donors (Lipinski definition) is 0. The fourth-order valence-electron chi connectivity index (χ4n) is 1.71. The largest absolute Gasteiger partial charge is 0.204 e. The Kier molecular flexibility index (Phi) is 2.30. The van der Waals surface area contributed by atoms with Crippen LogP contribution in [-0.2, 0) is 6.42 Å². The van der Waals surface area contributed by atoms with Crippen molar-refractivity contribution < 1.29 is 8.78 Å². The Morgan fingerprint density at radius 1 is 1.23 bits per heavy atom. The molecule has 0 atom stereocenters. The maximum absolute atomic E-state index is 13.1. The normalized spacial score (nSPS) is 17.1. The molecule has 0 spiro atoms. The van der Waals surface area contributed by atoms with Crippen LogP contribution >= 0.6 is 0 Å². The first kappa shape index (κ1) is 8.67. The molecule has 0 heterocycles. The van der Waals surface area contributed by atoms with Gasteiger partial charge in [-0.3, -0.25) is 0 Å². The lowest BCUT2D eigenvalue weighted by atomic mass is 9.81. The van der Waals surface area contributed by atoms with E-state index in [1.807, 2.05) is 0 Å². The maximum Gasteiger partial charge on any atom is 0.162 e. The van der Waals surface area contributed by atoms with Gasteiger partial charge in [-0.05, 0) is 24.0 Å². The van der Waals surface area contributed by atoms with Crippen LogP contribution in [0, 0.1) is 17.6 Å². The standard InChI is InChI=1S/C11H12F2/c12-10-6-2-5-9(11(10)13)7-8-3-1-4-8/h2,5-6,8H,1,3-4,7H2. The Hall–Kier alpha value is -0.920. The fourth-order valence-corrected chi connectivity index (χ4v) is 1.71. The Morgan fingerprint density at radius 2 is 2.00 bits per heavy atom. The van der Waals surface area contributed by atoms with Gasteiger partial charge in [-0.15, -0.1) is 0 Å². The third kappa shape index (κ3) is 1.71. The van der Waals surface area contributed by atoms with Crippen LogP contribution in [0.15, 0.2) is 18.2 Å². The molecular formula is C11H12F2. The summed E-state index contributed by atoms with van der Waals surface area (Å²) >= 11 is 0. The van der Waals surface area contributed by atoms with Crippen LogP contribution < -0.4 is 0 Å². The second-order valence-electron chi connectivity index (χ2n) is 3.71. The van der Waals surface area contributed by atoms with Gasteiger partial charge < -0.3 is 0 Å². The summed E-state index contributed by atoms with van der Waals surface area (Å²) in [5.41, 5.74) is 0.532. The quantitative estimate of drug-likeness (QED) is 0.658. The molecule has 0 unspecified atom stereocenters. The summed E-state index contributed by atoms with van der Waals surface area (Å²) < 4.78 is 25.9. The number of benzene rings is 1. The zero-order valence-electron chi connectivity index (χ0n) is 7.39. The van der Waals surface area contributed by atoms with Crippen LogP contribution in [0.4, 0.5) is 8.78 Å². The second kappa shape index (κ2) is 3.44. The van der Waals surface area contributed by atoms with E-state index in [1.165, 1.54) is 12.5 Å². The molecule has 1 aromatic rings. The summed E-state index contributed by atoms with van der Waals surface area (Å²) in [5, 5.41) is 0. The minimum atomic E-state index is -0.725. The van der Waals surface area contributed by atoms with E-state index >= 15 is 0 Å².